The van der Waals surface area contributed by atoms with Gasteiger partial charge in [0.2, 0.25) is 0 Å². The molecule has 0 bridgehead atoms. The minimum Gasteiger partial charge on any atom is -0.462 e. The van der Waals surface area contributed by atoms with E-state index in [2.05, 4.69) is 41.5 Å². The molecule has 2 heteroatoms. The Balaban J connectivity index is 4.47. The van der Waals surface area contributed by atoms with Gasteiger partial charge in [0.1, 0.15) is 6.10 Å². The third kappa shape index (κ3) is 5.19. The molecule has 0 spiro atoms. The van der Waals surface area contributed by atoms with Gasteiger partial charge >= 0.3 is 5.97 Å². The third-order valence-electron chi connectivity index (χ3n) is 3.35. The molecule has 0 aliphatic rings. The van der Waals surface area contributed by atoms with Crippen molar-refractivity contribution >= 4 is 5.97 Å². The van der Waals surface area contributed by atoms with Crippen molar-refractivity contribution in [2.45, 2.75) is 61.0 Å². The Hall–Kier alpha value is -0.530. The summed E-state index contributed by atoms with van der Waals surface area (Å²) < 4.78 is 5.36. The Kier molecular flexibility index (Phi) is 5.33. The Labute approximate surface area is 94.4 Å². The molecule has 1 unspecified atom stereocenters. The number of rotatable bonds is 5. The fourth-order valence-corrected chi connectivity index (χ4v) is 1.38. The van der Waals surface area contributed by atoms with Gasteiger partial charge in [0.25, 0.3) is 0 Å². The van der Waals surface area contributed by atoms with Crippen molar-refractivity contribution in [3.05, 3.63) is 0 Å². The fraction of sp³-hybridized carbons (Fsp3) is 0.923. The molecule has 0 fully saturated rings. The number of esters is 1. The van der Waals surface area contributed by atoms with E-state index in [1.165, 1.54) is 6.92 Å². The quantitative estimate of drug-likeness (QED) is 0.653. The maximum absolute atomic E-state index is 11.0. The first-order chi connectivity index (χ1) is 6.66. The van der Waals surface area contributed by atoms with E-state index in [1.54, 1.807) is 0 Å². The molecule has 0 rings (SSSR count). The molecular weight excluding hydrogens is 188 g/mol. The molecule has 0 aromatic heterocycles. The van der Waals surface area contributed by atoms with Crippen LogP contribution in [0.25, 0.3) is 0 Å². The lowest BCUT2D eigenvalue weighted by Crippen LogP contribution is -2.31. The second kappa shape index (κ2) is 5.53. The lowest BCUT2D eigenvalue weighted by atomic mass is 9.75. The van der Waals surface area contributed by atoms with Gasteiger partial charge in [-0.05, 0) is 23.7 Å². The topological polar surface area (TPSA) is 26.3 Å². The summed E-state index contributed by atoms with van der Waals surface area (Å²) in [5, 5.41) is 0. The zero-order chi connectivity index (χ0) is 12.2. The molecule has 0 aromatic carbocycles. The molecule has 90 valence electrons. The lowest BCUT2D eigenvalue weighted by Gasteiger charge is -2.34. The maximum Gasteiger partial charge on any atom is 0.302 e. The van der Waals surface area contributed by atoms with Crippen molar-refractivity contribution in [3.8, 4) is 0 Å². The predicted octanol–water partition coefficient (Wildman–Crippen LogP) is 3.65. The van der Waals surface area contributed by atoms with E-state index >= 15 is 0 Å². The first-order valence-electron chi connectivity index (χ1n) is 5.84. The highest BCUT2D eigenvalue weighted by Crippen LogP contribution is 2.34. The smallest absolute Gasteiger partial charge is 0.302 e. The number of carbonyl (C=O) groups is 1. The van der Waals surface area contributed by atoms with Crippen molar-refractivity contribution in [2.24, 2.45) is 17.3 Å². The molecule has 0 saturated heterocycles. The minimum atomic E-state index is -0.173. The van der Waals surface area contributed by atoms with Crippen LogP contribution in [0, 0.1) is 17.3 Å². The molecule has 0 aliphatic carbocycles. The van der Waals surface area contributed by atoms with Crippen molar-refractivity contribution in [2.75, 3.05) is 0 Å². The molecule has 0 amide bonds. The number of ether oxygens (including phenoxy) is 1. The predicted molar refractivity (Wildman–Crippen MR) is 63.6 cm³/mol. The normalized spacial score (nSPS) is 14.5. The highest BCUT2D eigenvalue weighted by molar-refractivity contribution is 5.66. The average molecular weight is 214 g/mol. The van der Waals surface area contributed by atoms with Gasteiger partial charge in [-0.15, -0.1) is 0 Å². The van der Waals surface area contributed by atoms with E-state index in [0.717, 1.165) is 6.42 Å². The van der Waals surface area contributed by atoms with Gasteiger partial charge in [-0.1, -0.05) is 41.5 Å². The van der Waals surface area contributed by atoms with Crippen LogP contribution in [0.4, 0.5) is 0 Å². The monoisotopic (exact) mass is 214 g/mol. The first kappa shape index (κ1) is 14.5. The van der Waals surface area contributed by atoms with Crippen LogP contribution in [0.2, 0.25) is 0 Å². The van der Waals surface area contributed by atoms with Crippen LogP contribution < -0.4 is 0 Å². The molecule has 0 aliphatic heterocycles. The molecule has 0 aromatic rings. The molecular formula is C13H26O2. The molecule has 0 radical (unpaired) electrons. The summed E-state index contributed by atoms with van der Waals surface area (Å²) in [7, 11) is 0. The summed E-state index contributed by atoms with van der Waals surface area (Å²) in [6.45, 7) is 14.6. The fourth-order valence-electron chi connectivity index (χ4n) is 1.38. The van der Waals surface area contributed by atoms with Crippen molar-refractivity contribution in [1.82, 2.24) is 0 Å². The average Bonchev–Trinajstić information content (AvgIpc) is 2.01. The molecule has 2 nitrogen and oxygen atoms in total. The second-order valence-corrected chi connectivity index (χ2v) is 5.74. The highest BCUT2D eigenvalue weighted by Gasteiger charge is 2.29. The van der Waals surface area contributed by atoms with E-state index in [4.69, 9.17) is 4.74 Å². The molecule has 15 heavy (non-hydrogen) atoms. The standard InChI is InChI=1S/C13H26O2/c1-9(2)12(15-11(5)14)8-13(6,7)10(3)4/h9-10,12H,8H2,1-7H3. The third-order valence-corrected chi connectivity index (χ3v) is 3.35. The highest BCUT2D eigenvalue weighted by atomic mass is 16.5. The molecule has 0 saturated carbocycles. The summed E-state index contributed by atoms with van der Waals surface area (Å²) in [5.41, 5.74) is 0.213. The van der Waals surface area contributed by atoms with Crippen molar-refractivity contribution in [3.63, 3.8) is 0 Å². The summed E-state index contributed by atoms with van der Waals surface area (Å²) in [5.74, 6) is 0.800. The van der Waals surface area contributed by atoms with Crippen LogP contribution in [0.1, 0.15) is 54.9 Å². The largest absolute Gasteiger partial charge is 0.462 e. The first-order valence-corrected chi connectivity index (χ1v) is 5.84. The molecule has 1 atom stereocenters. The van der Waals surface area contributed by atoms with Gasteiger partial charge in [0.05, 0.1) is 0 Å². The maximum atomic E-state index is 11.0. The van der Waals surface area contributed by atoms with E-state index in [0.29, 0.717) is 11.8 Å². The zero-order valence-corrected chi connectivity index (χ0v) is 11.3. The van der Waals surface area contributed by atoms with Crippen LogP contribution in [-0.2, 0) is 9.53 Å². The van der Waals surface area contributed by atoms with Crippen LogP contribution in [0.3, 0.4) is 0 Å². The van der Waals surface area contributed by atoms with E-state index in [1.807, 2.05) is 0 Å². The van der Waals surface area contributed by atoms with Gasteiger partial charge in [-0.3, -0.25) is 4.79 Å². The summed E-state index contributed by atoms with van der Waals surface area (Å²) in [6, 6.07) is 0. The van der Waals surface area contributed by atoms with Crippen LogP contribution in [-0.4, -0.2) is 12.1 Å². The molecule has 0 N–H and O–H groups in total. The van der Waals surface area contributed by atoms with Crippen molar-refractivity contribution in [1.29, 1.82) is 0 Å². The van der Waals surface area contributed by atoms with E-state index < -0.39 is 0 Å². The number of carbonyl (C=O) groups excluding carboxylic acids is 1. The zero-order valence-electron chi connectivity index (χ0n) is 11.3. The van der Waals surface area contributed by atoms with E-state index in [9.17, 15) is 4.79 Å². The Morgan fingerprint density at radius 1 is 1.20 bits per heavy atom. The minimum absolute atomic E-state index is 0.0416. The Bertz CT molecular complexity index is 205. The van der Waals surface area contributed by atoms with Crippen LogP contribution in [0.15, 0.2) is 0 Å². The van der Waals surface area contributed by atoms with Gasteiger partial charge in [-0.2, -0.15) is 0 Å². The van der Waals surface area contributed by atoms with Gasteiger partial charge in [0.15, 0.2) is 0 Å². The van der Waals surface area contributed by atoms with Gasteiger partial charge in [0, 0.05) is 6.92 Å². The van der Waals surface area contributed by atoms with Crippen molar-refractivity contribution < 1.29 is 9.53 Å². The van der Waals surface area contributed by atoms with E-state index in [-0.39, 0.29) is 17.5 Å². The summed E-state index contributed by atoms with van der Waals surface area (Å²) in [4.78, 5) is 11.0. The number of hydrogen-bond acceptors (Lipinski definition) is 2. The summed E-state index contributed by atoms with van der Waals surface area (Å²) in [6.07, 6.45) is 0.974. The SMILES string of the molecule is CC(=O)OC(CC(C)(C)C(C)C)C(C)C. The molecule has 0 heterocycles. The van der Waals surface area contributed by atoms with Crippen LogP contribution >= 0.6 is 0 Å². The Morgan fingerprint density at radius 2 is 1.67 bits per heavy atom. The second-order valence-electron chi connectivity index (χ2n) is 5.74. The summed E-state index contributed by atoms with van der Waals surface area (Å²) >= 11 is 0. The van der Waals surface area contributed by atoms with Crippen LogP contribution in [0.5, 0.6) is 0 Å². The lowest BCUT2D eigenvalue weighted by molar-refractivity contribution is -0.150. The Morgan fingerprint density at radius 3 is 1.93 bits per heavy atom. The van der Waals surface area contributed by atoms with Gasteiger partial charge < -0.3 is 4.74 Å². The van der Waals surface area contributed by atoms with Gasteiger partial charge in [-0.25, -0.2) is 0 Å². The number of hydrogen-bond donors (Lipinski definition) is 0.